The molecule has 0 radical (unpaired) electrons. The lowest BCUT2D eigenvalue weighted by molar-refractivity contribution is -0.132. The highest BCUT2D eigenvalue weighted by Crippen LogP contribution is 2.39. The van der Waals surface area contributed by atoms with Gasteiger partial charge in [-0.25, -0.2) is 4.79 Å². The predicted molar refractivity (Wildman–Crippen MR) is 135 cm³/mol. The van der Waals surface area contributed by atoms with Crippen LogP contribution >= 0.6 is 0 Å². The van der Waals surface area contributed by atoms with E-state index in [1.807, 2.05) is 0 Å². The summed E-state index contributed by atoms with van der Waals surface area (Å²) in [6.45, 7) is 18.8. The van der Waals surface area contributed by atoms with Crippen LogP contribution in [-0.4, -0.2) is 16.2 Å². The van der Waals surface area contributed by atoms with Gasteiger partial charge in [-0.15, -0.1) is 0 Å². The highest BCUT2D eigenvalue weighted by molar-refractivity contribution is 5.92. The quantitative estimate of drug-likeness (QED) is 0.422. The third kappa shape index (κ3) is 5.43. The average molecular weight is 437 g/mol. The van der Waals surface area contributed by atoms with Crippen LogP contribution in [0.15, 0.2) is 29.8 Å². The first-order valence-corrected chi connectivity index (χ1v) is 11.6. The third-order valence-corrected chi connectivity index (χ3v) is 7.05. The van der Waals surface area contributed by atoms with Crippen LogP contribution in [0.1, 0.15) is 100 Å². The fraction of sp³-hybridized carbons (Fsp3) is 0.483. The zero-order valence-corrected chi connectivity index (χ0v) is 21.3. The van der Waals surface area contributed by atoms with Crippen molar-refractivity contribution >= 4 is 12.0 Å². The Morgan fingerprint density at radius 1 is 0.875 bits per heavy atom. The van der Waals surface area contributed by atoms with Gasteiger partial charge in [0.2, 0.25) is 0 Å². The highest BCUT2D eigenvalue weighted by Gasteiger charge is 2.26. The molecule has 0 atom stereocenters. The molecule has 2 aromatic carbocycles. The second kappa shape index (κ2) is 9.52. The first kappa shape index (κ1) is 25.7. The van der Waals surface area contributed by atoms with Crippen molar-refractivity contribution in [1.82, 2.24) is 0 Å². The van der Waals surface area contributed by atoms with E-state index in [1.165, 1.54) is 0 Å². The van der Waals surface area contributed by atoms with Gasteiger partial charge >= 0.3 is 5.97 Å². The molecule has 2 aromatic rings. The molecule has 174 valence electrons. The van der Waals surface area contributed by atoms with E-state index in [2.05, 4.69) is 79.7 Å². The van der Waals surface area contributed by atoms with E-state index in [-0.39, 0.29) is 10.8 Å². The number of aryl methyl sites for hydroxylation is 2. The molecule has 0 saturated carbocycles. The number of hydrogen-bond donors (Lipinski definition) is 2. The lowest BCUT2D eigenvalue weighted by Gasteiger charge is -2.29. The van der Waals surface area contributed by atoms with Crippen molar-refractivity contribution in [2.24, 2.45) is 0 Å². The second-order valence-corrected chi connectivity index (χ2v) is 10.5. The SMILES string of the molecule is CCC(C)(C)c1cc(C)cc(Cc2cc(C)cc(C(C)(C)CC)c2C=C(C)C(=O)O)c1O. The zero-order chi connectivity index (χ0) is 24.4. The summed E-state index contributed by atoms with van der Waals surface area (Å²) in [6.07, 6.45) is 4.21. The molecule has 0 heterocycles. The fourth-order valence-corrected chi connectivity index (χ4v) is 4.12. The Kier molecular flexibility index (Phi) is 7.65. The molecule has 3 nitrogen and oxygen atoms in total. The number of carbonyl (C=O) groups is 1. The Morgan fingerprint density at radius 3 is 1.84 bits per heavy atom. The summed E-state index contributed by atoms with van der Waals surface area (Å²) in [5.74, 6) is -0.563. The summed E-state index contributed by atoms with van der Waals surface area (Å²) in [5, 5.41) is 20.8. The van der Waals surface area contributed by atoms with E-state index >= 15 is 0 Å². The van der Waals surface area contributed by atoms with Crippen molar-refractivity contribution in [1.29, 1.82) is 0 Å². The molecule has 2 rings (SSSR count). The van der Waals surface area contributed by atoms with Crippen LogP contribution in [0.5, 0.6) is 5.75 Å². The lowest BCUT2D eigenvalue weighted by atomic mass is 9.76. The number of phenols is 1. The molecular weight excluding hydrogens is 396 g/mol. The molecule has 2 N–H and O–H groups in total. The lowest BCUT2D eigenvalue weighted by Crippen LogP contribution is -2.19. The maximum Gasteiger partial charge on any atom is 0.331 e. The molecule has 0 fully saturated rings. The topological polar surface area (TPSA) is 57.5 Å². The van der Waals surface area contributed by atoms with E-state index in [0.717, 1.165) is 51.8 Å². The van der Waals surface area contributed by atoms with Crippen LogP contribution in [-0.2, 0) is 22.0 Å². The molecule has 0 saturated heterocycles. The number of aromatic hydroxyl groups is 1. The van der Waals surface area contributed by atoms with Crippen molar-refractivity contribution in [2.45, 2.75) is 92.4 Å². The summed E-state index contributed by atoms with van der Waals surface area (Å²) >= 11 is 0. The van der Waals surface area contributed by atoms with Crippen LogP contribution < -0.4 is 0 Å². The van der Waals surface area contributed by atoms with Gasteiger partial charge < -0.3 is 10.2 Å². The summed E-state index contributed by atoms with van der Waals surface area (Å²) in [6, 6.07) is 8.44. The van der Waals surface area contributed by atoms with Gasteiger partial charge in [-0.3, -0.25) is 0 Å². The van der Waals surface area contributed by atoms with Crippen LogP contribution in [0.3, 0.4) is 0 Å². The van der Waals surface area contributed by atoms with Crippen molar-refractivity contribution in [3.63, 3.8) is 0 Å². The molecule has 0 unspecified atom stereocenters. The largest absolute Gasteiger partial charge is 0.507 e. The van der Waals surface area contributed by atoms with Crippen molar-refractivity contribution in [3.8, 4) is 5.75 Å². The smallest absolute Gasteiger partial charge is 0.331 e. The van der Waals surface area contributed by atoms with Gasteiger partial charge in [-0.1, -0.05) is 76.9 Å². The molecule has 0 bridgehead atoms. The van der Waals surface area contributed by atoms with Crippen LogP contribution in [0.25, 0.3) is 6.08 Å². The molecular formula is C29H40O3. The van der Waals surface area contributed by atoms with Gasteiger partial charge in [0.25, 0.3) is 0 Å². The molecule has 3 heteroatoms. The maximum atomic E-state index is 11.6. The van der Waals surface area contributed by atoms with Gasteiger partial charge in [0.1, 0.15) is 5.75 Å². The second-order valence-electron chi connectivity index (χ2n) is 10.5. The van der Waals surface area contributed by atoms with Gasteiger partial charge in [0.05, 0.1) is 0 Å². The average Bonchev–Trinajstić information content (AvgIpc) is 2.71. The maximum absolute atomic E-state index is 11.6. The fourth-order valence-electron chi connectivity index (χ4n) is 4.12. The van der Waals surface area contributed by atoms with Crippen LogP contribution in [0.4, 0.5) is 0 Å². The number of carboxylic acid groups (broad SMARTS) is 1. The summed E-state index contributed by atoms with van der Waals surface area (Å²) in [4.78, 5) is 11.6. The number of rotatable bonds is 8. The first-order chi connectivity index (χ1) is 14.7. The summed E-state index contributed by atoms with van der Waals surface area (Å²) in [7, 11) is 0. The molecule has 0 aliphatic heterocycles. The predicted octanol–water partition coefficient (Wildman–Crippen LogP) is 7.46. The molecule has 32 heavy (non-hydrogen) atoms. The normalized spacial score (nSPS) is 12.8. The Hall–Kier alpha value is -2.55. The van der Waals surface area contributed by atoms with Crippen molar-refractivity contribution in [2.75, 3.05) is 0 Å². The molecule has 0 aliphatic rings. The van der Waals surface area contributed by atoms with Gasteiger partial charge in [-0.2, -0.15) is 0 Å². The molecule has 0 amide bonds. The Bertz CT molecular complexity index is 1040. The number of carboxylic acids is 1. The van der Waals surface area contributed by atoms with Crippen LogP contribution in [0, 0.1) is 13.8 Å². The molecule has 0 aromatic heterocycles. The minimum absolute atomic E-state index is 0.102. The van der Waals surface area contributed by atoms with E-state index in [1.54, 1.807) is 13.0 Å². The number of benzene rings is 2. The first-order valence-electron chi connectivity index (χ1n) is 11.6. The standard InChI is InChI=1S/C29H40O3/c1-10-28(6,7)24-14-18(3)12-21(23(24)16-20(5)27(31)32)17-22-13-19(4)15-25(26(22)30)29(8,9)11-2/h12-16,30H,10-11,17H2,1-9H3,(H,31,32). The number of phenolic OH excluding ortho intramolecular Hbond substituents is 1. The summed E-state index contributed by atoms with van der Waals surface area (Å²) < 4.78 is 0. The number of aliphatic carboxylic acids is 1. The Balaban J connectivity index is 2.80. The number of hydrogen-bond acceptors (Lipinski definition) is 2. The third-order valence-electron chi connectivity index (χ3n) is 7.05. The van der Waals surface area contributed by atoms with Crippen LogP contribution in [0.2, 0.25) is 0 Å². The van der Waals surface area contributed by atoms with Crippen molar-refractivity contribution < 1.29 is 15.0 Å². The van der Waals surface area contributed by atoms with Gasteiger partial charge in [0.15, 0.2) is 0 Å². The van der Waals surface area contributed by atoms with E-state index in [9.17, 15) is 15.0 Å². The highest BCUT2D eigenvalue weighted by atomic mass is 16.4. The molecule has 0 spiro atoms. The monoisotopic (exact) mass is 436 g/mol. The molecule has 0 aliphatic carbocycles. The summed E-state index contributed by atoms with van der Waals surface area (Å²) in [5.41, 5.74) is 7.35. The zero-order valence-electron chi connectivity index (χ0n) is 21.3. The van der Waals surface area contributed by atoms with Crippen molar-refractivity contribution in [3.05, 3.63) is 68.8 Å². The van der Waals surface area contributed by atoms with Gasteiger partial charge in [0, 0.05) is 17.6 Å². The minimum atomic E-state index is -0.915. The Morgan fingerprint density at radius 2 is 1.34 bits per heavy atom. The van der Waals surface area contributed by atoms with E-state index in [0.29, 0.717) is 17.7 Å². The van der Waals surface area contributed by atoms with E-state index in [4.69, 9.17) is 0 Å². The minimum Gasteiger partial charge on any atom is -0.507 e. The van der Waals surface area contributed by atoms with E-state index < -0.39 is 5.97 Å². The Labute approximate surface area is 194 Å². The van der Waals surface area contributed by atoms with Gasteiger partial charge in [-0.05, 0) is 72.8 Å².